The van der Waals surface area contributed by atoms with Crippen molar-refractivity contribution in [2.75, 3.05) is 7.11 Å². The number of rotatable bonds is 15. The summed E-state index contributed by atoms with van der Waals surface area (Å²) < 4.78 is 4.60. The quantitative estimate of drug-likeness (QED) is 0.232. The summed E-state index contributed by atoms with van der Waals surface area (Å²) in [5, 5.41) is 0. The molecule has 0 bridgehead atoms. The molecule has 0 aliphatic heterocycles. The number of unbranched alkanes of at least 4 members (excludes halogenated alkanes) is 9. The summed E-state index contributed by atoms with van der Waals surface area (Å²) in [5.74, 6) is 0.147. The van der Waals surface area contributed by atoms with Crippen molar-refractivity contribution in [3.8, 4) is 0 Å². The molecule has 0 rings (SSSR count). The predicted octanol–water partition coefficient (Wildman–Crippen LogP) is 5.38. The lowest BCUT2D eigenvalue weighted by molar-refractivity contribution is -0.140. The van der Waals surface area contributed by atoms with E-state index >= 15 is 0 Å². The number of esters is 1. The fraction of sp³-hybridized carbons (Fsp3) is 0.789. The second-order valence-corrected chi connectivity index (χ2v) is 5.92. The predicted molar refractivity (Wildman–Crippen MR) is 91.9 cm³/mol. The molecule has 0 saturated carbocycles. The number of ketones is 1. The fourth-order valence-electron chi connectivity index (χ4n) is 2.36. The molecule has 0 N–H and O–H groups in total. The Morgan fingerprint density at radius 1 is 0.818 bits per heavy atom. The number of hydrogen-bond donors (Lipinski definition) is 0. The van der Waals surface area contributed by atoms with Gasteiger partial charge >= 0.3 is 5.97 Å². The Hall–Kier alpha value is -1.12. The third kappa shape index (κ3) is 15.3. The Bertz CT molecular complexity index is 308. The van der Waals surface area contributed by atoms with Crippen molar-refractivity contribution in [1.82, 2.24) is 0 Å². The number of carbonyl (C=O) groups excluding carboxylic acids is 2. The van der Waals surface area contributed by atoms with Gasteiger partial charge in [0.25, 0.3) is 0 Å². The fourth-order valence-corrected chi connectivity index (χ4v) is 2.36. The summed E-state index contributed by atoms with van der Waals surface area (Å²) in [6, 6.07) is 0. The topological polar surface area (TPSA) is 43.4 Å². The minimum Gasteiger partial charge on any atom is -0.469 e. The third-order valence-corrected chi connectivity index (χ3v) is 3.81. The van der Waals surface area contributed by atoms with E-state index in [1.165, 1.54) is 32.8 Å². The molecule has 128 valence electrons. The number of hydrogen-bond acceptors (Lipinski definition) is 3. The zero-order valence-electron chi connectivity index (χ0n) is 14.6. The van der Waals surface area contributed by atoms with Gasteiger partial charge in [-0.3, -0.25) is 9.59 Å². The van der Waals surface area contributed by atoms with Gasteiger partial charge in [0.15, 0.2) is 5.78 Å². The van der Waals surface area contributed by atoms with E-state index < -0.39 is 0 Å². The number of carbonyl (C=O) groups is 2. The largest absolute Gasteiger partial charge is 0.469 e. The highest BCUT2D eigenvalue weighted by Gasteiger charge is 2.00. The average molecular weight is 310 g/mol. The third-order valence-electron chi connectivity index (χ3n) is 3.81. The van der Waals surface area contributed by atoms with E-state index in [-0.39, 0.29) is 11.8 Å². The average Bonchev–Trinajstić information content (AvgIpc) is 2.52. The molecule has 3 heteroatoms. The Labute approximate surface area is 136 Å². The van der Waals surface area contributed by atoms with Crippen LogP contribution in [0, 0.1) is 0 Å². The second kappa shape index (κ2) is 16.3. The van der Waals surface area contributed by atoms with Crippen molar-refractivity contribution in [1.29, 1.82) is 0 Å². The van der Waals surface area contributed by atoms with Crippen molar-refractivity contribution >= 4 is 11.8 Å². The van der Waals surface area contributed by atoms with E-state index in [4.69, 9.17) is 0 Å². The molecule has 0 radical (unpaired) electrons. The lowest BCUT2D eigenvalue weighted by Crippen LogP contribution is -1.99. The first kappa shape index (κ1) is 20.9. The standard InChI is InChI=1S/C19H34O3/c1-3-4-5-6-9-12-15-18(20)16-13-10-7-8-11-14-17-19(21)22-2/h12,15H,3-11,13-14,16-17H2,1-2H3. The molecule has 0 aliphatic carbocycles. The molecule has 3 nitrogen and oxygen atoms in total. The summed E-state index contributed by atoms with van der Waals surface area (Å²) in [6.45, 7) is 2.21. The van der Waals surface area contributed by atoms with Crippen LogP contribution in [0.15, 0.2) is 12.2 Å². The van der Waals surface area contributed by atoms with Crippen LogP contribution in [-0.4, -0.2) is 18.9 Å². The van der Waals surface area contributed by atoms with E-state index in [2.05, 4.69) is 11.7 Å². The molecule has 0 aliphatic rings. The lowest BCUT2D eigenvalue weighted by Gasteiger charge is -2.01. The van der Waals surface area contributed by atoms with Gasteiger partial charge in [-0.1, -0.05) is 57.9 Å². The van der Waals surface area contributed by atoms with Gasteiger partial charge in [-0.2, -0.15) is 0 Å². The molecular weight excluding hydrogens is 276 g/mol. The summed E-state index contributed by atoms with van der Waals surface area (Å²) in [7, 11) is 1.43. The van der Waals surface area contributed by atoms with E-state index in [1.54, 1.807) is 6.08 Å². The molecule has 0 spiro atoms. The summed E-state index contributed by atoms with van der Waals surface area (Å²) >= 11 is 0. The van der Waals surface area contributed by atoms with Crippen molar-refractivity contribution < 1.29 is 14.3 Å². The number of methoxy groups -OCH3 is 1. The van der Waals surface area contributed by atoms with Gasteiger partial charge in [-0.15, -0.1) is 0 Å². The molecule has 0 fully saturated rings. The molecule has 0 aromatic carbocycles. The van der Waals surface area contributed by atoms with Crippen molar-refractivity contribution in [3.05, 3.63) is 12.2 Å². The van der Waals surface area contributed by atoms with Crippen LogP contribution in [0.2, 0.25) is 0 Å². The Kier molecular flexibility index (Phi) is 15.4. The SMILES string of the molecule is CCCCCCC=CC(=O)CCCCCCCCC(=O)OC. The molecule has 22 heavy (non-hydrogen) atoms. The Balaban J connectivity index is 3.31. The van der Waals surface area contributed by atoms with Gasteiger partial charge in [0.05, 0.1) is 7.11 Å². The highest BCUT2D eigenvalue weighted by molar-refractivity contribution is 5.89. The van der Waals surface area contributed by atoms with Crippen LogP contribution in [0.4, 0.5) is 0 Å². The monoisotopic (exact) mass is 310 g/mol. The molecule has 0 unspecified atom stereocenters. The molecule has 0 saturated heterocycles. The maximum absolute atomic E-state index is 11.6. The van der Waals surface area contributed by atoms with Crippen LogP contribution in [0.5, 0.6) is 0 Å². The van der Waals surface area contributed by atoms with Crippen molar-refractivity contribution in [2.45, 2.75) is 90.4 Å². The molecule has 0 amide bonds. The first-order valence-corrected chi connectivity index (χ1v) is 8.97. The maximum Gasteiger partial charge on any atom is 0.305 e. The van der Waals surface area contributed by atoms with Gasteiger partial charge in [-0.25, -0.2) is 0 Å². The van der Waals surface area contributed by atoms with Gasteiger partial charge in [0.2, 0.25) is 0 Å². The lowest BCUT2D eigenvalue weighted by atomic mass is 10.1. The van der Waals surface area contributed by atoms with Crippen LogP contribution >= 0.6 is 0 Å². The molecule has 0 atom stereocenters. The minimum absolute atomic E-state index is 0.118. The molecule has 0 heterocycles. The zero-order valence-corrected chi connectivity index (χ0v) is 14.6. The first-order chi connectivity index (χ1) is 10.7. The van der Waals surface area contributed by atoms with Crippen molar-refractivity contribution in [2.24, 2.45) is 0 Å². The van der Waals surface area contributed by atoms with E-state index in [9.17, 15) is 9.59 Å². The van der Waals surface area contributed by atoms with Gasteiger partial charge in [0, 0.05) is 12.8 Å². The molecule has 0 aromatic heterocycles. The van der Waals surface area contributed by atoms with Crippen LogP contribution < -0.4 is 0 Å². The first-order valence-electron chi connectivity index (χ1n) is 8.97. The van der Waals surface area contributed by atoms with Gasteiger partial charge in [-0.05, 0) is 31.8 Å². The van der Waals surface area contributed by atoms with Crippen LogP contribution in [0.1, 0.15) is 90.4 Å². The second-order valence-electron chi connectivity index (χ2n) is 5.92. The number of allylic oxidation sites excluding steroid dienone is 2. The van der Waals surface area contributed by atoms with Gasteiger partial charge < -0.3 is 4.74 Å². The van der Waals surface area contributed by atoms with E-state index in [0.717, 1.165) is 44.9 Å². The maximum atomic E-state index is 11.6. The van der Waals surface area contributed by atoms with Crippen LogP contribution in [-0.2, 0) is 14.3 Å². The summed E-state index contributed by atoms with van der Waals surface area (Å²) in [6.07, 6.45) is 17.4. The normalized spacial score (nSPS) is 11.0. The molecular formula is C19H34O3. The van der Waals surface area contributed by atoms with E-state index in [1.807, 2.05) is 6.08 Å². The minimum atomic E-state index is -0.118. The Morgan fingerprint density at radius 3 is 2.05 bits per heavy atom. The van der Waals surface area contributed by atoms with Crippen LogP contribution in [0.3, 0.4) is 0 Å². The smallest absolute Gasteiger partial charge is 0.305 e. The van der Waals surface area contributed by atoms with E-state index in [0.29, 0.717) is 12.8 Å². The zero-order chi connectivity index (χ0) is 16.5. The van der Waals surface area contributed by atoms with Crippen LogP contribution in [0.25, 0.3) is 0 Å². The summed E-state index contributed by atoms with van der Waals surface area (Å²) in [4.78, 5) is 22.6. The summed E-state index contributed by atoms with van der Waals surface area (Å²) in [5.41, 5.74) is 0. The molecule has 0 aromatic rings. The highest BCUT2D eigenvalue weighted by Crippen LogP contribution is 2.10. The van der Waals surface area contributed by atoms with Gasteiger partial charge in [0.1, 0.15) is 0 Å². The Morgan fingerprint density at radius 2 is 1.41 bits per heavy atom. The number of ether oxygens (including phenoxy) is 1. The van der Waals surface area contributed by atoms with Crippen molar-refractivity contribution in [3.63, 3.8) is 0 Å². The highest BCUT2D eigenvalue weighted by atomic mass is 16.5.